The predicted molar refractivity (Wildman–Crippen MR) is 82.3 cm³/mol. The van der Waals surface area contributed by atoms with Gasteiger partial charge in [0.15, 0.2) is 5.78 Å². The Kier molecular flexibility index (Phi) is 6.17. The van der Waals surface area contributed by atoms with Crippen molar-refractivity contribution < 1.29 is 9.59 Å². The fourth-order valence-electron chi connectivity index (χ4n) is 2.59. The summed E-state index contributed by atoms with van der Waals surface area (Å²) in [6.07, 6.45) is 3.62. The zero-order valence-electron chi connectivity index (χ0n) is 11.6. The van der Waals surface area contributed by atoms with Crippen LogP contribution in [0.1, 0.15) is 43.0 Å². The normalized spacial score (nSPS) is 21.1. The van der Waals surface area contributed by atoms with Crippen LogP contribution < -0.4 is 11.1 Å². The Labute approximate surface area is 125 Å². The van der Waals surface area contributed by atoms with Gasteiger partial charge in [0.25, 0.3) is 0 Å². The first-order valence-corrected chi connectivity index (χ1v) is 6.72. The molecule has 1 saturated carbocycles. The van der Waals surface area contributed by atoms with Crippen molar-refractivity contribution in [3.63, 3.8) is 0 Å². The standard InChI is InChI=1S/C15H20N2O2.ClH/c1-10(18)11-4-2-6-13(8-11)17-15(19)9-12-5-3-7-14(12)16;/h2,4,6,8,12,14H,3,5,7,9,16H2,1H3,(H,17,19);1H/t12-,14+;/m0./s1. The molecule has 4 nitrogen and oxygen atoms in total. The highest BCUT2D eigenvalue weighted by Crippen LogP contribution is 2.27. The van der Waals surface area contributed by atoms with Crippen LogP contribution in [0.15, 0.2) is 24.3 Å². The van der Waals surface area contributed by atoms with Crippen molar-refractivity contribution >= 4 is 29.8 Å². The first-order valence-electron chi connectivity index (χ1n) is 6.72. The number of nitrogens with one attached hydrogen (secondary N) is 1. The predicted octanol–water partition coefficient (Wildman–Crippen LogP) is 2.77. The molecule has 1 amide bonds. The average Bonchev–Trinajstić information content (AvgIpc) is 2.75. The SMILES string of the molecule is CC(=O)c1cccc(NC(=O)C[C@@H]2CCC[C@H]2N)c1.Cl. The van der Waals surface area contributed by atoms with Crippen molar-refractivity contribution in [1.29, 1.82) is 0 Å². The molecule has 0 bridgehead atoms. The van der Waals surface area contributed by atoms with E-state index in [2.05, 4.69) is 5.32 Å². The molecule has 0 unspecified atom stereocenters. The Hall–Kier alpha value is -1.39. The summed E-state index contributed by atoms with van der Waals surface area (Å²) in [5, 5.41) is 2.84. The number of hydrogen-bond acceptors (Lipinski definition) is 3. The summed E-state index contributed by atoms with van der Waals surface area (Å²) in [6, 6.07) is 7.15. The van der Waals surface area contributed by atoms with E-state index in [-0.39, 0.29) is 36.1 Å². The number of hydrogen-bond donors (Lipinski definition) is 2. The number of carbonyl (C=O) groups excluding carboxylic acids is 2. The fraction of sp³-hybridized carbons (Fsp3) is 0.467. The molecule has 1 aliphatic rings. The van der Waals surface area contributed by atoms with E-state index in [1.807, 2.05) is 0 Å². The van der Waals surface area contributed by atoms with Crippen LogP contribution in [0, 0.1) is 5.92 Å². The Morgan fingerprint density at radius 3 is 2.70 bits per heavy atom. The third-order valence-electron chi connectivity index (χ3n) is 3.72. The minimum absolute atomic E-state index is 0. The lowest BCUT2D eigenvalue weighted by molar-refractivity contribution is -0.117. The number of halogens is 1. The minimum Gasteiger partial charge on any atom is -0.327 e. The molecule has 5 heteroatoms. The van der Waals surface area contributed by atoms with Gasteiger partial charge in [-0.15, -0.1) is 12.4 Å². The van der Waals surface area contributed by atoms with E-state index in [4.69, 9.17) is 5.73 Å². The number of rotatable bonds is 4. The average molecular weight is 297 g/mol. The van der Waals surface area contributed by atoms with Gasteiger partial charge < -0.3 is 11.1 Å². The molecule has 1 aliphatic carbocycles. The summed E-state index contributed by atoms with van der Waals surface area (Å²) in [5.41, 5.74) is 7.24. The quantitative estimate of drug-likeness (QED) is 0.839. The topological polar surface area (TPSA) is 72.2 Å². The molecule has 20 heavy (non-hydrogen) atoms. The van der Waals surface area contributed by atoms with Crippen LogP contribution in [0.25, 0.3) is 0 Å². The fourth-order valence-corrected chi connectivity index (χ4v) is 2.59. The number of carbonyl (C=O) groups is 2. The molecule has 1 aromatic carbocycles. The molecule has 0 aromatic heterocycles. The lowest BCUT2D eigenvalue weighted by atomic mass is 10.00. The van der Waals surface area contributed by atoms with Crippen LogP contribution >= 0.6 is 12.4 Å². The second kappa shape index (κ2) is 7.41. The van der Waals surface area contributed by atoms with Crippen LogP contribution in [-0.2, 0) is 4.79 Å². The lowest BCUT2D eigenvalue weighted by Crippen LogP contribution is -2.28. The summed E-state index contributed by atoms with van der Waals surface area (Å²) in [5.74, 6) is 0.257. The van der Waals surface area contributed by atoms with Crippen LogP contribution in [-0.4, -0.2) is 17.7 Å². The summed E-state index contributed by atoms with van der Waals surface area (Å²) in [4.78, 5) is 23.2. The molecule has 2 rings (SSSR count). The van der Waals surface area contributed by atoms with Gasteiger partial charge in [0.05, 0.1) is 0 Å². The van der Waals surface area contributed by atoms with Crippen molar-refractivity contribution in [1.82, 2.24) is 0 Å². The van der Waals surface area contributed by atoms with E-state index >= 15 is 0 Å². The summed E-state index contributed by atoms with van der Waals surface area (Å²) in [6.45, 7) is 1.51. The molecule has 0 heterocycles. The molecular formula is C15H21ClN2O2. The van der Waals surface area contributed by atoms with Crippen molar-refractivity contribution in [3.8, 4) is 0 Å². The molecule has 1 fully saturated rings. The van der Waals surface area contributed by atoms with E-state index in [1.54, 1.807) is 24.3 Å². The zero-order chi connectivity index (χ0) is 13.8. The Morgan fingerprint density at radius 2 is 2.10 bits per heavy atom. The smallest absolute Gasteiger partial charge is 0.224 e. The number of Topliss-reactive ketones (excluding diaryl/α,β-unsaturated/α-hetero) is 1. The summed E-state index contributed by atoms with van der Waals surface area (Å²) < 4.78 is 0. The van der Waals surface area contributed by atoms with E-state index in [9.17, 15) is 9.59 Å². The van der Waals surface area contributed by atoms with Crippen LogP contribution in [0.4, 0.5) is 5.69 Å². The number of ketones is 1. The van der Waals surface area contributed by atoms with Gasteiger partial charge in [0.2, 0.25) is 5.91 Å². The van der Waals surface area contributed by atoms with Crippen LogP contribution in [0.2, 0.25) is 0 Å². The third-order valence-corrected chi connectivity index (χ3v) is 3.72. The van der Waals surface area contributed by atoms with Gasteiger partial charge >= 0.3 is 0 Å². The first-order chi connectivity index (χ1) is 9.06. The van der Waals surface area contributed by atoms with Gasteiger partial charge in [0.1, 0.15) is 0 Å². The van der Waals surface area contributed by atoms with Gasteiger partial charge in [-0.1, -0.05) is 18.6 Å². The van der Waals surface area contributed by atoms with Gasteiger partial charge in [-0.3, -0.25) is 9.59 Å². The molecule has 0 aliphatic heterocycles. The number of nitrogens with two attached hydrogens (primary N) is 1. The summed E-state index contributed by atoms with van der Waals surface area (Å²) in [7, 11) is 0. The molecule has 0 saturated heterocycles. The van der Waals surface area contributed by atoms with Gasteiger partial charge in [-0.05, 0) is 37.8 Å². The van der Waals surface area contributed by atoms with E-state index in [0.717, 1.165) is 19.3 Å². The highest BCUT2D eigenvalue weighted by atomic mass is 35.5. The maximum Gasteiger partial charge on any atom is 0.224 e. The lowest BCUT2D eigenvalue weighted by Gasteiger charge is -2.14. The van der Waals surface area contributed by atoms with Crippen LogP contribution in [0.3, 0.4) is 0 Å². The second-order valence-corrected chi connectivity index (χ2v) is 5.24. The highest BCUT2D eigenvalue weighted by Gasteiger charge is 2.25. The molecule has 3 N–H and O–H groups in total. The molecule has 0 spiro atoms. The van der Waals surface area contributed by atoms with Crippen molar-refractivity contribution in [2.24, 2.45) is 11.7 Å². The summed E-state index contributed by atoms with van der Waals surface area (Å²) >= 11 is 0. The van der Waals surface area contributed by atoms with Gasteiger partial charge in [-0.2, -0.15) is 0 Å². The van der Waals surface area contributed by atoms with Crippen molar-refractivity contribution in [3.05, 3.63) is 29.8 Å². The van der Waals surface area contributed by atoms with Gasteiger partial charge in [-0.25, -0.2) is 0 Å². The van der Waals surface area contributed by atoms with E-state index in [1.165, 1.54) is 6.92 Å². The number of benzene rings is 1. The third kappa shape index (κ3) is 4.32. The number of amides is 1. The molecule has 1 aromatic rings. The Bertz CT molecular complexity index is 491. The second-order valence-electron chi connectivity index (χ2n) is 5.24. The number of anilines is 1. The monoisotopic (exact) mass is 296 g/mol. The van der Waals surface area contributed by atoms with Crippen LogP contribution in [0.5, 0.6) is 0 Å². The van der Waals surface area contributed by atoms with Crippen molar-refractivity contribution in [2.45, 2.75) is 38.6 Å². The van der Waals surface area contributed by atoms with E-state index < -0.39 is 0 Å². The molecule has 2 atom stereocenters. The first kappa shape index (κ1) is 16.7. The Morgan fingerprint density at radius 1 is 1.35 bits per heavy atom. The van der Waals surface area contributed by atoms with Gasteiger partial charge in [0, 0.05) is 23.7 Å². The molecule has 110 valence electrons. The van der Waals surface area contributed by atoms with E-state index in [0.29, 0.717) is 17.7 Å². The molecule has 0 radical (unpaired) electrons. The molecular weight excluding hydrogens is 276 g/mol. The Balaban J connectivity index is 0.00000200. The van der Waals surface area contributed by atoms with Crippen molar-refractivity contribution in [2.75, 3.05) is 5.32 Å². The minimum atomic E-state index is -0.0250. The zero-order valence-corrected chi connectivity index (χ0v) is 12.4. The largest absolute Gasteiger partial charge is 0.327 e. The maximum absolute atomic E-state index is 11.9. The maximum atomic E-state index is 11.9. The highest BCUT2D eigenvalue weighted by molar-refractivity contribution is 5.97.